The van der Waals surface area contributed by atoms with Crippen molar-refractivity contribution in [1.29, 1.82) is 0 Å². The Kier molecular flexibility index (Phi) is 3.48. The molecule has 10 heavy (non-hydrogen) atoms. The van der Waals surface area contributed by atoms with Crippen molar-refractivity contribution >= 4 is 7.85 Å². The van der Waals surface area contributed by atoms with Crippen molar-refractivity contribution in [3.63, 3.8) is 0 Å². The van der Waals surface area contributed by atoms with Crippen LogP contribution in [0.2, 0.25) is 6.32 Å². The van der Waals surface area contributed by atoms with Gasteiger partial charge in [-0.15, -0.1) is 0 Å². The molecule has 0 aromatic rings. The second-order valence-electron chi connectivity index (χ2n) is 4.02. The molecule has 0 aliphatic heterocycles. The van der Waals surface area contributed by atoms with Crippen LogP contribution in [0.1, 0.15) is 34.6 Å². The van der Waals surface area contributed by atoms with Gasteiger partial charge in [-0.25, -0.2) is 0 Å². The molecular formula is C9H19B. The highest BCUT2D eigenvalue weighted by atomic mass is 14.3. The maximum absolute atomic E-state index is 5.71. The number of rotatable bonds is 3. The first-order chi connectivity index (χ1) is 4.45. The quantitative estimate of drug-likeness (QED) is 0.526. The van der Waals surface area contributed by atoms with Crippen LogP contribution in [0.5, 0.6) is 0 Å². The molecule has 2 radical (unpaired) electrons. The van der Waals surface area contributed by atoms with Crippen LogP contribution < -0.4 is 0 Å². The van der Waals surface area contributed by atoms with E-state index in [0.717, 1.165) is 6.32 Å². The molecule has 0 aliphatic rings. The first kappa shape index (κ1) is 10.1. The topological polar surface area (TPSA) is 0 Å². The molecule has 0 aromatic carbocycles. The lowest BCUT2D eigenvalue weighted by Gasteiger charge is -2.37. The van der Waals surface area contributed by atoms with Crippen LogP contribution in [-0.2, 0) is 0 Å². The van der Waals surface area contributed by atoms with E-state index in [9.17, 15) is 0 Å². The molecule has 0 bridgehead atoms. The van der Waals surface area contributed by atoms with Crippen molar-refractivity contribution in [1.82, 2.24) is 0 Å². The van der Waals surface area contributed by atoms with E-state index >= 15 is 0 Å². The van der Waals surface area contributed by atoms with E-state index in [1.807, 2.05) is 0 Å². The monoisotopic (exact) mass is 138 g/mol. The van der Waals surface area contributed by atoms with Crippen molar-refractivity contribution in [3.8, 4) is 0 Å². The van der Waals surface area contributed by atoms with E-state index in [2.05, 4.69) is 34.6 Å². The zero-order chi connectivity index (χ0) is 8.36. The minimum Gasteiger partial charge on any atom is -0.0829 e. The molecule has 0 amide bonds. The summed E-state index contributed by atoms with van der Waals surface area (Å²) in [6.07, 6.45) is 0.794. The zero-order valence-corrected chi connectivity index (χ0v) is 7.94. The van der Waals surface area contributed by atoms with Crippen LogP contribution in [0.4, 0.5) is 0 Å². The lowest BCUT2D eigenvalue weighted by Crippen LogP contribution is -2.28. The Bertz CT molecular complexity index is 86.9. The summed E-state index contributed by atoms with van der Waals surface area (Å²) in [4.78, 5) is 0. The van der Waals surface area contributed by atoms with Crippen molar-refractivity contribution in [2.45, 2.75) is 40.9 Å². The third kappa shape index (κ3) is 1.77. The van der Waals surface area contributed by atoms with Crippen LogP contribution in [0, 0.1) is 17.3 Å². The van der Waals surface area contributed by atoms with Crippen LogP contribution in [-0.4, -0.2) is 7.85 Å². The van der Waals surface area contributed by atoms with Crippen LogP contribution >= 0.6 is 0 Å². The highest BCUT2D eigenvalue weighted by molar-refractivity contribution is 6.09. The summed E-state index contributed by atoms with van der Waals surface area (Å²) in [6, 6.07) is 0. The van der Waals surface area contributed by atoms with Gasteiger partial charge < -0.3 is 0 Å². The molecule has 0 aromatic heterocycles. The molecule has 0 saturated carbocycles. The van der Waals surface area contributed by atoms with Gasteiger partial charge in [0.25, 0.3) is 0 Å². The molecule has 0 saturated heterocycles. The van der Waals surface area contributed by atoms with Crippen molar-refractivity contribution in [3.05, 3.63) is 0 Å². The normalized spacial score (nSPS) is 13.1. The third-order valence-electron chi connectivity index (χ3n) is 3.08. The summed E-state index contributed by atoms with van der Waals surface area (Å²) < 4.78 is 0. The average molecular weight is 138 g/mol. The van der Waals surface area contributed by atoms with Gasteiger partial charge in [0.05, 0.1) is 7.85 Å². The van der Waals surface area contributed by atoms with Gasteiger partial charge in [0.2, 0.25) is 0 Å². The Morgan fingerprint density at radius 3 is 1.40 bits per heavy atom. The maximum Gasteiger partial charge on any atom is 0.0660 e. The summed E-state index contributed by atoms with van der Waals surface area (Å²) >= 11 is 0. The largest absolute Gasteiger partial charge is 0.0829 e. The maximum atomic E-state index is 5.71. The van der Waals surface area contributed by atoms with Gasteiger partial charge >= 0.3 is 0 Å². The fourth-order valence-corrected chi connectivity index (χ4v) is 1.14. The molecule has 0 spiro atoms. The Morgan fingerprint density at radius 2 is 1.40 bits per heavy atom. The third-order valence-corrected chi connectivity index (χ3v) is 3.08. The second-order valence-corrected chi connectivity index (χ2v) is 4.02. The predicted octanol–water partition coefficient (Wildman–Crippen LogP) is 2.89. The van der Waals surface area contributed by atoms with E-state index < -0.39 is 0 Å². The van der Waals surface area contributed by atoms with Gasteiger partial charge in [-0.2, -0.15) is 0 Å². The Balaban J connectivity index is 4.23. The highest BCUT2D eigenvalue weighted by Gasteiger charge is 2.28. The summed E-state index contributed by atoms with van der Waals surface area (Å²) in [6.45, 7) is 11.2. The molecule has 0 unspecified atom stereocenters. The van der Waals surface area contributed by atoms with E-state index in [1.54, 1.807) is 0 Å². The molecule has 0 nitrogen and oxygen atoms in total. The zero-order valence-electron chi connectivity index (χ0n) is 7.94. The molecule has 1 heteroatoms. The molecule has 0 N–H and O–H groups in total. The molecule has 0 rings (SSSR count). The molecule has 58 valence electrons. The van der Waals surface area contributed by atoms with E-state index in [0.29, 0.717) is 17.3 Å². The minimum absolute atomic E-state index is 0.319. The molecule has 0 atom stereocenters. The minimum atomic E-state index is 0.319. The first-order valence-corrected chi connectivity index (χ1v) is 4.15. The van der Waals surface area contributed by atoms with Gasteiger partial charge in [0, 0.05) is 0 Å². The molecule has 0 fully saturated rings. The van der Waals surface area contributed by atoms with Crippen molar-refractivity contribution < 1.29 is 0 Å². The lowest BCUT2D eigenvalue weighted by molar-refractivity contribution is 0.166. The summed E-state index contributed by atoms with van der Waals surface area (Å²) in [7, 11) is 5.71. The fraction of sp³-hybridized carbons (Fsp3) is 1.00. The number of hydrogen-bond donors (Lipinski definition) is 0. The Labute approximate surface area is 66.8 Å². The fourth-order valence-electron chi connectivity index (χ4n) is 1.14. The number of hydrogen-bond acceptors (Lipinski definition) is 0. The first-order valence-electron chi connectivity index (χ1n) is 4.15. The van der Waals surface area contributed by atoms with Gasteiger partial charge in [0.15, 0.2) is 0 Å². The van der Waals surface area contributed by atoms with Gasteiger partial charge in [0.1, 0.15) is 0 Å². The second kappa shape index (κ2) is 3.45. The molecule has 0 aliphatic carbocycles. The van der Waals surface area contributed by atoms with Gasteiger partial charge in [-0.3, -0.25) is 0 Å². The Hall–Kier alpha value is 0.0649. The van der Waals surface area contributed by atoms with Crippen LogP contribution in [0.3, 0.4) is 0 Å². The van der Waals surface area contributed by atoms with E-state index in [4.69, 9.17) is 7.85 Å². The van der Waals surface area contributed by atoms with Gasteiger partial charge in [-0.1, -0.05) is 40.9 Å². The standard InChI is InChI=1S/C9H19B/c1-7(2)9(5,6-10)8(3)4/h7-8H,6H2,1-5H3. The van der Waals surface area contributed by atoms with Crippen molar-refractivity contribution in [2.75, 3.05) is 0 Å². The van der Waals surface area contributed by atoms with Crippen LogP contribution in [0.15, 0.2) is 0 Å². The van der Waals surface area contributed by atoms with Crippen molar-refractivity contribution in [2.24, 2.45) is 17.3 Å². The summed E-state index contributed by atoms with van der Waals surface area (Å²) in [5.41, 5.74) is 0.319. The molecule has 0 heterocycles. The van der Waals surface area contributed by atoms with Crippen LogP contribution in [0.25, 0.3) is 0 Å². The predicted molar refractivity (Wildman–Crippen MR) is 48.3 cm³/mol. The lowest BCUT2D eigenvalue weighted by atomic mass is 9.64. The summed E-state index contributed by atoms with van der Waals surface area (Å²) in [5, 5.41) is 0. The smallest absolute Gasteiger partial charge is 0.0660 e. The highest BCUT2D eigenvalue weighted by Crippen LogP contribution is 2.37. The average Bonchev–Trinajstić information content (AvgIpc) is 1.85. The SMILES string of the molecule is [B]CC(C)(C(C)C)C(C)C. The summed E-state index contributed by atoms with van der Waals surface area (Å²) in [5.74, 6) is 1.36. The van der Waals surface area contributed by atoms with Gasteiger partial charge in [-0.05, 0) is 17.3 Å². The Morgan fingerprint density at radius 1 is 1.10 bits per heavy atom. The van der Waals surface area contributed by atoms with E-state index in [1.165, 1.54) is 0 Å². The molecular weight excluding hydrogens is 119 g/mol. The van der Waals surface area contributed by atoms with E-state index in [-0.39, 0.29) is 0 Å².